The first-order chi connectivity index (χ1) is 14.1. The second-order valence-electron chi connectivity index (χ2n) is 7.00. The molecule has 4 rings (SSSR count). The van der Waals surface area contributed by atoms with Crippen LogP contribution in [-0.2, 0) is 4.79 Å². The monoisotopic (exact) mass is 391 g/mol. The number of nitrogens with one attached hydrogen (secondary N) is 1. The Morgan fingerprint density at radius 3 is 2.69 bits per heavy atom. The molecule has 3 heterocycles. The molecule has 1 aliphatic heterocycles. The van der Waals surface area contributed by atoms with Crippen LogP contribution in [0.15, 0.2) is 49.1 Å². The Bertz CT molecular complexity index is 1000. The molecule has 0 aliphatic carbocycles. The van der Waals surface area contributed by atoms with E-state index in [9.17, 15) is 9.59 Å². The number of carbonyl (C=O) groups is 2. The molecule has 0 bridgehead atoms. The minimum Gasteiger partial charge on any atom is -0.354 e. The molecular weight excluding hydrogens is 370 g/mol. The summed E-state index contributed by atoms with van der Waals surface area (Å²) in [5.41, 5.74) is 1.22. The number of anilines is 2. The van der Waals surface area contributed by atoms with Gasteiger partial charge in [0.15, 0.2) is 17.4 Å². The van der Waals surface area contributed by atoms with Crippen LogP contribution in [0.4, 0.5) is 11.5 Å². The summed E-state index contributed by atoms with van der Waals surface area (Å²) in [6, 6.07) is 10.7. The van der Waals surface area contributed by atoms with E-state index >= 15 is 0 Å². The average Bonchev–Trinajstić information content (AvgIpc) is 3.29. The van der Waals surface area contributed by atoms with E-state index in [-0.39, 0.29) is 17.6 Å². The molecule has 1 aromatic carbocycles. The molecule has 9 nitrogen and oxygen atoms in total. The van der Waals surface area contributed by atoms with Gasteiger partial charge in [0.05, 0.1) is 5.92 Å². The standard InChI is InChI=1S/C20H21N7O2/c1-14(28)15-4-2-6-17(10-15)23-20(29)16-5-3-9-26(11-16)18-7-8-19(25-24-18)27-13-21-12-22-27/h2,4,6-8,10,12-13,16H,3,5,9,11H2,1H3,(H,23,29)/t16-/m0/s1. The second-order valence-corrected chi connectivity index (χ2v) is 7.00. The lowest BCUT2D eigenvalue weighted by atomic mass is 9.97. The highest BCUT2D eigenvalue weighted by Gasteiger charge is 2.27. The van der Waals surface area contributed by atoms with E-state index < -0.39 is 0 Å². The Labute approximate surface area is 167 Å². The van der Waals surface area contributed by atoms with Crippen molar-refractivity contribution in [3.8, 4) is 5.82 Å². The SMILES string of the molecule is CC(=O)c1cccc(NC(=O)[C@H]2CCCN(c3ccc(-n4cncn4)nn3)C2)c1. The number of Topliss-reactive ketones (excluding diaryl/α,β-unsaturated/α-hetero) is 1. The number of benzene rings is 1. The van der Waals surface area contributed by atoms with Gasteiger partial charge in [0.2, 0.25) is 5.91 Å². The maximum absolute atomic E-state index is 12.8. The van der Waals surface area contributed by atoms with Crippen LogP contribution >= 0.6 is 0 Å². The van der Waals surface area contributed by atoms with Crippen LogP contribution in [-0.4, -0.2) is 49.7 Å². The maximum atomic E-state index is 12.8. The lowest BCUT2D eigenvalue weighted by Gasteiger charge is -2.32. The number of carbonyl (C=O) groups excluding carboxylic acids is 2. The topological polar surface area (TPSA) is 106 Å². The van der Waals surface area contributed by atoms with Gasteiger partial charge in [-0.1, -0.05) is 12.1 Å². The number of hydrogen-bond donors (Lipinski definition) is 1. The molecule has 1 fully saturated rings. The number of rotatable bonds is 5. The van der Waals surface area contributed by atoms with Gasteiger partial charge in [-0.25, -0.2) is 9.67 Å². The van der Waals surface area contributed by atoms with Crippen molar-refractivity contribution in [2.45, 2.75) is 19.8 Å². The van der Waals surface area contributed by atoms with Gasteiger partial charge in [0, 0.05) is 24.3 Å². The lowest BCUT2D eigenvalue weighted by Crippen LogP contribution is -2.41. The van der Waals surface area contributed by atoms with Crippen molar-refractivity contribution >= 4 is 23.2 Å². The predicted molar refractivity (Wildman–Crippen MR) is 107 cm³/mol. The predicted octanol–water partition coefficient (Wildman–Crippen LogP) is 2.11. The molecule has 148 valence electrons. The first-order valence-electron chi connectivity index (χ1n) is 9.46. The molecule has 1 aliphatic rings. The van der Waals surface area contributed by atoms with Gasteiger partial charge in [-0.05, 0) is 44.0 Å². The number of ketones is 1. The fourth-order valence-corrected chi connectivity index (χ4v) is 3.40. The van der Waals surface area contributed by atoms with Gasteiger partial charge in [-0.3, -0.25) is 9.59 Å². The van der Waals surface area contributed by atoms with Crippen LogP contribution in [0, 0.1) is 5.92 Å². The van der Waals surface area contributed by atoms with Crippen LogP contribution < -0.4 is 10.2 Å². The minimum absolute atomic E-state index is 0.0298. The first-order valence-corrected chi connectivity index (χ1v) is 9.46. The van der Waals surface area contributed by atoms with Crippen molar-refractivity contribution in [3.05, 3.63) is 54.6 Å². The zero-order valence-corrected chi connectivity index (χ0v) is 16.0. The summed E-state index contributed by atoms with van der Waals surface area (Å²) in [5, 5.41) is 15.5. The highest BCUT2D eigenvalue weighted by molar-refractivity contribution is 5.97. The zero-order valence-electron chi connectivity index (χ0n) is 16.0. The van der Waals surface area contributed by atoms with Crippen molar-refractivity contribution in [3.63, 3.8) is 0 Å². The van der Waals surface area contributed by atoms with Crippen LogP contribution in [0.3, 0.4) is 0 Å². The third kappa shape index (κ3) is 4.29. The summed E-state index contributed by atoms with van der Waals surface area (Å²) in [6.07, 6.45) is 4.69. The Morgan fingerprint density at radius 2 is 1.97 bits per heavy atom. The van der Waals surface area contributed by atoms with Crippen molar-refractivity contribution in [1.82, 2.24) is 25.0 Å². The van der Waals surface area contributed by atoms with Gasteiger partial charge in [-0.15, -0.1) is 10.2 Å². The molecule has 1 saturated heterocycles. The van der Waals surface area contributed by atoms with Crippen molar-refractivity contribution < 1.29 is 9.59 Å². The fourth-order valence-electron chi connectivity index (χ4n) is 3.40. The average molecular weight is 391 g/mol. The molecule has 29 heavy (non-hydrogen) atoms. The molecule has 0 unspecified atom stereocenters. The van der Waals surface area contributed by atoms with Crippen LogP contribution in [0.25, 0.3) is 5.82 Å². The van der Waals surface area contributed by atoms with E-state index in [1.54, 1.807) is 35.3 Å². The van der Waals surface area contributed by atoms with Crippen LogP contribution in [0.1, 0.15) is 30.1 Å². The largest absolute Gasteiger partial charge is 0.354 e. The molecule has 1 N–H and O–H groups in total. The van der Waals surface area contributed by atoms with E-state index in [1.807, 2.05) is 12.1 Å². The normalized spacial score (nSPS) is 16.4. The molecule has 1 amide bonds. The molecule has 0 radical (unpaired) electrons. The van der Waals surface area contributed by atoms with Gasteiger partial charge >= 0.3 is 0 Å². The number of hydrogen-bond acceptors (Lipinski definition) is 7. The van der Waals surface area contributed by atoms with E-state index in [1.165, 1.54) is 13.3 Å². The zero-order chi connectivity index (χ0) is 20.2. The summed E-state index contributed by atoms with van der Waals surface area (Å²) in [6.45, 7) is 2.89. The molecule has 0 spiro atoms. The first kappa shape index (κ1) is 18.7. The number of nitrogens with zero attached hydrogens (tertiary/aromatic N) is 6. The number of amides is 1. The van der Waals surface area contributed by atoms with Gasteiger partial charge < -0.3 is 10.2 Å². The smallest absolute Gasteiger partial charge is 0.229 e. The Hall–Kier alpha value is -3.62. The van der Waals surface area contributed by atoms with Crippen LogP contribution in [0.5, 0.6) is 0 Å². The van der Waals surface area contributed by atoms with Crippen molar-refractivity contribution in [2.24, 2.45) is 5.92 Å². The van der Waals surface area contributed by atoms with E-state index in [4.69, 9.17) is 0 Å². The third-order valence-electron chi connectivity index (χ3n) is 4.94. The molecule has 9 heteroatoms. The molecule has 2 aromatic heterocycles. The molecule has 0 saturated carbocycles. The summed E-state index contributed by atoms with van der Waals surface area (Å²) >= 11 is 0. The summed E-state index contributed by atoms with van der Waals surface area (Å²) in [7, 11) is 0. The lowest BCUT2D eigenvalue weighted by molar-refractivity contribution is -0.120. The Balaban J connectivity index is 1.42. The molecule has 1 atom stereocenters. The highest BCUT2D eigenvalue weighted by atomic mass is 16.2. The maximum Gasteiger partial charge on any atom is 0.229 e. The van der Waals surface area contributed by atoms with Crippen molar-refractivity contribution in [2.75, 3.05) is 23.3 Å². The third-order valence-corrected chi connectivity index (χ3v) is 4.94. The van der Waals surface area contributed by atoms with Gasteiger partial charge in [-0.2, -0.15) is 5.10 Å². The summed E-state index contributed by atoms with van der Waals surface area (Å²) < 4.78 is 1.54. The Morgan fingerprint density at radius 1 is 1.14 bits per heavy atom. The Kier molecular flexibility index (Phi) is 5.28. The van der Waals surface area contributed by atoms with Gasteiger partial charge in [0.25, 0.3) is 0 Å². The summed E-state index contributed by atoms with van der Waals surface area (Å²) in [4.78, 5) is 30.3. The number of piperidine rings is 1. The van der Waals surface area contributed by atoms with Crippen LogP contribution in [0.2, 0.25) is 0 Å². The van der Waals surface area contributed by atoms with E-state index in [0.717, 1.165) is 25.2 Å². The fraction of sp³-hybridized carbons (Fsp3) is 0.300. The highest BCUT2D eigenvalue weighted by Crippen LogP contribution is 2.23. The minimum atomic E-state index is -0.165. The molecule has 3 aromatic rings. The molecular formula is C20H21N7O2. The van der Waals surface area contributed by atoms with E-state index in [0.29, 0.717) is 23.6 Å². The van der Waals surface area contributed by atoms with Crippen molar-refractivity contribution in [1.29, 1.82) is 0 Å². The second kappa shape index (κ2) is 8.17. The summed E-state index contributed by atoms with van der Waals surface area (Å²) in [5.74, 6) is 1.06. The number of aromatic nitrogens is 5. The quantitative estimate of drug-likeness (QED) is 0.664. The van der Waals surface area contributed by atoms with E-state index in [2.05, 4.69) is 30.5 Å². The van der Waals surface area contributed by atoms with Gasteiger partial charge in [0.1, 0.15) is 12.7 Å².